The van der Waals surface area contributed by atoms with Gasteiger partial charge in [-0.15, -0.1) is 0 Å². The van der Waals surface area contributed by atoms with Crippen molar-refractivity contribution in [3.8, 4) is 0 Å². The summed E-state index contributed by atoms with van der Waals surface area (Å²) >= 11 is 0. The zero-order valence-electron chi connectivity index (χ0n) is 25.4. The molecule has 1 aromatic carbocycles. The molecule has 222 valence electrons. The van der Waals surface area contributed by atoms with Gasteiger partial charge in [0.2, 0.25) is 0 Å². The number of hydrogen-bond acceptors (Lipinski definition) is 4. The SMILES string of the molecule is CC1(C)CC(c2ccccc2P(C2CCCCC2)C2CCCCC2)C([C@@H](N)P2C3CC4(C)OC(CC2(C)O4)O3)C1. The molecule has 7 unspecified atom stereocenters. The van der Waals surface area contributed by atoms with Gasteiger partial charge in [0.1, 0.15) is 0 Å². The number of rotatable bonds is 6. The van der Waals surface area contributed by atoms with E-state index in [-0.39, 0.29) is 31.2 Å². The van der Waals surface area contributed by atoms with Crippen molar-refractivity contribution in [2.75, 3.05) is 0 Å². The van der Waals surface area contributed by atoms with Gasteiger partial charge in [0.05, 0.1) is 11.2 Å². The standard InChI is InChI=1S/C34H53NO3P2/c1-32(2)19-26(27(20-32)31(35)40-30-22-33(3)37-29(36-30)21-34(40,4)38-33)25-17-11-12-18-28(25)39(23-13-7-5-8-14-23)24-15-9-6-10-16-24/h11-12,17-18,23-24,26-27,29-31H,5-10,13-16,19-22,35H2,1-4H3/t26?,27?,29?,30?,31-,33?,34?,40?/m0/s1. The van der Waals surface area contributed by atoms with Gasteiger partial charge in [0.25, 0.3) is 0 Å². The fraction of sp³-hybridized carbons (Fsp3) is 0.824. The Balaban J connectivity index is 1.24. The van der Waals surface area contributed by atoms with Crippen molar-refractivity contribution < 1.29 is 14.2 Å². The van der Waals surface area contributed by atoms with Crippen LogP contribution in [0.5, 0.6) is 0 Å². The number of ether oxygens (including phenoxy) is 3. The van der Waals surface area contributed by atoms with E-state index in [2.05, 4.69) is 52.0 Å². The second kappa shape index (κ2) is 10.8. The summed E-state index contributed by atoms with van der Waals surface area (Å²) in [6.45, 7) is 9.43. The summed E-state index contributed by atoms with van der Waals surface area (Å²) in [6, 6.07) is 9.82. The molecule has 8 rings (SSSR count). The first-order valence-electron chi connectivity index (χ1n) is 16.6. The van der Waals surface area contributed by atoms with Gasteiger partial charge in [0.15, 0.2) is 12.1 Å². The van der Waals surface area contributed by atoms with Gasteiger partial charge in [-0.25, -0.2) is 0 Å². The van der Waals surface area contributed by atoms with E-state index < -0.39 is 13.7 Å². The number of hydrogen-bond donors (Lipinski definition) is 1. The maximum absolute atomic E-state index is 7.53. The Labute approximate surface area is 245 Å². The van der Waals surface area contributed by atoms with Gasteiger partial charge in [-0.1, -0.05) is 84.6 Å². The van der Waals surface area contributed by atoms with E-state index in [1.165, 1.54) is 77.0 Å². The number of nitrogens with two attached hydrogens (primary N) is 1. The lowest BCUT2D eigenvalue weighted by Gasteiger charge is -2.64. The van der Waals surface area contributed by atoms with E-state index in [1.54, 1.807) is 10.9 Å². The van der Waals surface area contributed by atoms with Crippen molar-refractivity contribution in [1.82, 2.24) is 0 Å². The second-order valence-corrected chi connectivity index (χ2v) is 20.9. The molecule has 0 aromatic heterocycles. The zero-order valence-corrected chi connectivity index (χ0v) is 27.2. The minimum absolute atomic E-state index is 0.125. The van der Waals surface area contributed by atoms with Crippen LogP contribution in [0.1, 0.15) is 129 Å². The van der Waals surface area contributed by atoms with Crippen LogP contribution in [0.25, 0.3) is 0 Å². The van der Waals surface area contributed by atoms with Crippen LogP contribution >= 0.6 is 15.8 Å². The Morgan fingerprint density at radius 3 is 2.12 bits per heavy atom. The molecule has 0 amide bonds. The van der Waals surface area contributed by atoms with Crippen molar-refractivity contribution >= 4 is 21.1 Å². The van der Waals surface area contributed by atoms with E-state index in [9.17, 15) is 0 Å². The van der Waals surface area contributed by atoms with Crippen LogP contribution in [-0.2, 0) is 14.2 Å². The maximum atomic E-state index is 7.53. The fourth-order valence-electron chi connectivity index (χ4n) is 9.96. The third-order valence-corrected chi connectivity index (χ3v) is 18.3. The van der Waals surface area contributed by atoms with Gasteiger partial charge < -0.3 is 19.9 Å². The third kappa shape index (κ3) is 5.18. The molecule has 4 bridgehead atoms. The van der Waals surface area contributed by atoms with E-state index in [1.807, 2.05) is 0 Å². The molecule has 7 fully saturated rings. The summed E-state index contributed by atoms with van der Waals surface area (Å²) in [5.74, 6) is 0.836. The van der Waals surface area contributed by atoms with Crippen LogP contribution in [0, 0.1) is 11.3 Å². The van der Waals surface area contributed by atoms with Gasteiger partial charge >= 0.3 is 0 Å². The summed E-state index contributed by atoms with van der Waals surface area (Å²) in [7, 11) is -0.782. The van der Waals surface area contributed by atoms with E-state index in [0.29, 0.717) is 17.3 Å². The smallest absolute Gasteiger partial charge is 0.172 e. The first-order chi connectivity index (χ1) is 19.1. The van der Waals surface area contributed by atoms with Crippen LogP contribution < -0.4 is 11.0 Å². The lowest BCUT2D eigenvalue weighted by Crippen LogP contribution is -2.65. The minimum atomic E-state index is -0.641. The predicted molar refractivity (Wildman–Crippen MR) is 168 cm³/mol. The summed E-state index contributed by atoms with van der Waals surface area (Å²) in [5.41, 5.74) is 11.4. The molecular formula is C34H53NO3P2. The normalized spacial score (nSPS) is 42.5. The second-order valence-electron chi connectivity index (χ2n) is 15.2. The first-order valence-corrected chi connectivity index (χ1v) is 19.6. The highest BCUT2D eigenvalue weighted by molar-refractivity contribution is 7.67. The van der Waals surface area contributed by atoms with Gasteiger partial charge in [-0.2, -0.15) is 0 Å². The third-order valence-electron chi connectivity index (χ3n) is 11.5. The molecule has 4 aliphatic heterocycles. The lowest BCUT2D eigenvalue weighted by atomic mass is 9.87. The van der Waals surface area contributed by atoms with Crippen LogP contribution in [0.15, 0.2) is 24.3 Å². The largest absolute Gasteiger partial charge is 0.344 e. The molecule has 2 N–H and O–H groups in total. The van der Waals surface area contributed by atoms with Gasteiger partial charge in [-0.05, 0) is 99.7 Å². The molecule has 0 spiro atoms. The van der Waals surface area contributed by atoms with Crippen molar-refractivity contribution in [2.45, 2.75) is 164 Å². The molecule has 3 aliphatic carbocycles. The lowest BCUT2D eigenvalue weighted by molar-refractivity contribution is -0.413. The Morgan fingerprint density at radius 1 is 0.850 bits per heavy atom. The average molecular weight is 586 g/mol. The maximum Gasteiger partial charge on any atom is 0.172 e. The molecule has 6 heteroatoms. The topological polar surface area (TPSA) is 53.7 Å². The van der Waals surface area contributed by atoms with E-state index in [4.69, 9.17) is 19.9 Å². The highest BCUT2D eigenvalue weighted by Gasteiger charge is 2.65. The molecule has 8 atom stereocenters. The Hall–Kier alpha value is -0.0800. The molecule has 0 radical (unpaired) electrons. The first kappa shape index (κ1) is 28.7. The van der Waals surface area contributed by atoms with Crippen molar-refractivity contribution in [3.63, 3.8) is 0 Å². The summed E-state index contributed by atoms with van der Waals surface area (Å²) < 4.78 is 19.4. The van der Waals surface area contributed by atoms with Crippen LogP contribution in [0.2, 0.25) is 0 Å². The molecular weight excluding hydrogens is 532 g/mol. The summed E-state index contributed by atoms with van der Waals surface area (Å²) in [4.78, 5) is 0. The van der Waals surface area contributed by atoms with Crippen molar-refractivity contribution in [3.05, 3.63) is 29.8 Å². The minimum Gasteiger partial charge on any atom is -0.344 e. The zero-order chi connectivity index (χ0) is 27.7. The summed E-state index contributed by atoms with van der Waals surface area (Å²) in [5, 5.41) is 1.56. The number of benzene rings is 1. The highest BCUT2D eigenvalue weighted by atomic mass is 31.1. The Bertz CT molecular complexity index is 1050. The monoisotopic (exact) mass is 585 g/mol. The van der Waals surface area contributed by atoms with Crippen LogP contribution in [-0.4, -0.2) is 40.4 Å². The Morgan fingerprint density at radius 2 is 1.50 bits per heavy atom. The molecule has 7 aliphatic rings. The Kier molecular flexibility index (Phi) is 7.76. The van der Waals surface area contributed by atoms with Crippen LogP contribution in [0.4, 0.5) is 0 Å². The fourth-order valence-corrected chi connectivity index (χ4v) is 17.8. The molecule has 40 heavy (non-hydrogen) atoms. The predicted octanol–water partition coefficient (Wildman–Crippen LogP) is 8.70. The van der Waals surface area contributed by atoms with Gasteiger partial charge in [-0.3, -0.25) is 0 Å². The molecule has 1 aromatic rings. The van der Waals surface area contributed by atoms with Crippen molar-refractivity contribution in [2.24, 2.45) is 17.1 Å². The molecule has 4 nitrogen and oxygen atoms in total. The van der Waals surface area contributed by atoms with E-state index in [0.717, 1.165) is 24.2 Å². The average Bonchev–Trinajstić information content (AvgIpc) is 3.24. The molecule has 3 saturated carbocycles. The highest BCUT2D eigenvalue weighted by Crippen LogP contribution is 2.73. The van der Waals surface area contributed by atoms with Gasteiger partial charge in [0, 0.05) is 18.6 Å². The summed E-state index contributed by atoms with van der Waals surface area (Å²) in [6.07, 6.45) is 18.4. The molecule has 4 heterocycles. The molecule has 4 saturated heterocycles. The quantitative estimate of drug-likeness (QED) is 0.339. The van der Waals surface area contributed by atoms with Crippen molar-refractivity contribution in [1.29, 1.82) is 0 Å². The van der Waals surface area contributed by atoms with Crippen LogP contribution in [0.3, 0.4) is 0 Å². The van der Waals surface area contributed by atoms with E-state index >= 15 is 0 Å².